The van der Waals surface area contributed by atoms with Crippen LogP contribution in [0.5, 0.6) is 0 Å². The van der Waals surface area contributed by atoms with E-state index in [4.69, 9.17) is 4.42 Å². The Labute approximate surface area is 173 Å². The van der Waals surface area contributed by atoms with Gasteiger partial charge in [0.15, 0.2) is 10.9 Å². The molecule has 4 rings (SSSR count). The second-order valence-corrected chi connectivity index (χ2v) is 7.45. The number of furan rings is 1. The number of hydrogen-bond acceptors (Lipinski definition) is 5. The Bertz CT molecular complexity index is 1090. The minimum absolute atomic E-state index is 0.0568. The molecule has 4 aromatic rings. The van der Waals surface area contributed by atoms with Crippen LogP contribution < -0.4 is 5.32 Å². The Morgan fingerprint density at radius 3 is 2.69 bits per heavy atom. The average molecular weight is 404 g/mol. The maximum absolute atomic E-state index is 12.3. The van der Waals surface area contributed by atoms with Crippen LogP contribution in [0, 0.1) is 6.92 Å². The number of thioether (sulfide) groups is 1. The molecule has 1 amide bonds. The first kappa shape index (κ1) is 19.0. The molecule has 0 unspecified atom stereocenters. The Morgan fingerprint density at radius 2 is 1.93 bits per heavy atom. The van der Waals surface area contributed by atoms with Gasteiger partial charge in [0, 0.05) is 12.2 Å². The molecule has 0 spiro atoms. The quantitative estimate of drug-likeness (QED) is 0.466. The lowest BCUT2D eigenvalue weighted by Gasteiger charge is -2.09. The van der Waals surface area contributed by atoms with Crippen LogP contribution in [-0.4, -0.2) is 26.4 Å². The number of hydrogen-bond donors (Lipinski definition) is 1. The Morgan fingerprint density at radius 1 is 1.07 bits per heavy atom. The van der Waals surface area contributed by atoms with Crippen molar-refractivity contribution in [3.8, 4) is 17.3 Å². The summed E-state index contributed by atoms with van der Waals surface area (Å²) in [5.74, 6) is 1.41. The summed E-state index contributed by atoms with van der Waals surface area (Å²) in [6, 6.07) is 21.5. The second-order valence-electron chi connectivity index (χ2n) is 6.51. The smallest absolute Gasteiger partial charge is 0.230 e. The monoisotopic (exact) mass is 404 g/mol. The molecular weight excluding hydrogens is 384 g/mol. The highest BCUT2D eigenvalue weighted by Crippen LogP contribution is 2.28. The average Bonchev–Trinajstić information content (AvgIpc) is 3.41. The van der Waals surface area contributed by atoms with Crippen LogP contribution in [0.15, 0.2) is 82.6 Å². The van der Waals surface area contributed by atoms with Crippen LogP contribution in [0.1, 0.15) is 11.1 Å². The molecule has 6 nitrogen and oxygen atoms in total. The van der Waals surface area contributed by atoms with Gasteiger partial charge in [-0.15, -0.1) is 10.2 Å². The van der Waals surface area contributed by atoms with Crippen molar-refractivity contribution in [1.82, 2.24) is 20.1 Å². The molecular formula is C22H20N4O2S. The standard InChI is InChI=1S/C22H20N4O2S/c1-16-7-5-8-17(13-16)14-23-20(27)15-29-22-25-24-21(19-11-6-12-28-19)26(22)18-9-3-2-4-10-18/h2-13H,14-15H2,1H3,(H,23,27). The summed E-state index contributed by atoms with van der Waals surface area (Å²) in [6.07, 6.45) is 1.60. The molecule has 0 saturated carbocycles. The van der Waals surface area contributed by atoms with Crippen LogP contribution in [0.4, 0.5) is 0 Å². The van der Waals surface area contributed by atoms with Crippen LogP contribution in [0.3, 0.4) is 0 Å². The maximum atomic E-state index is 12.3. The van der Waals surface area contributed by atoms with Crippen LogP contribution >= 0.6 is 11.8 Å². The number of carbonyl (C=O) groups is 1. The van der Waals surface area contributed by atoms with Gasteiger partial charge in [-0.3, -0.25) is 9.36 Å². The molecule has 2 aromatic heterocycles. The van der Waals surface area contributed by atoms with Crippen LogP contribution in [0.25, 0.3) is 17.3 Å². The number of nitrogens with zero attached hydrogens (tertiary/aromatic N) is 3. The molecule has 0 saturated heterocycles. The predicted molar refractivity (Wildman–Crippen MR) is 113 cm³/mol. The Balaban J connectivity index is 1.48. The third kappa shape index (κ3) is 4.57. The SMILES string of the molecule is Cc1cccc(CNC(=O)CSc2nnc(-c3ccco3)n2-c2ccccc2)c1. The van der Waals surface area contributed by atoms with E-state index in [9.17, 15) is 4.79 Å². The van der Waals surface area contributed by atoms with Crippen molar-refractivity contribution < 1.29 is 9.21 Å². The minimum Gasteiger partial charge on any atom is -0.461 e. The fourth-order valence-electron chi connectivity index (χ4n) is 2.94. The molecule has 0 fully saturated rings. The summed E-state index contributed by atoms with van der Waals surface area (Å²) in [5.41, 5.74) is 3.16. The first-order chi connectivity index (χ1) is 14.2. The van der Waals surface area contributed by atoms with E-state index < -0.39 is 0 Å². The van der Waals surface area contributed by atoms with Crippen molar-refractivity contribution in [2.24, 2.45) is 0 Å². The molecule has 0 bridgehead atoms. The van der Waals surface area contributed by atoms with Gasteiger partial charge in [0.05, 0.1) is 12.0 Å². The van der Waals surface area contributed by atoms with Gasteiger partial charge in [-0.2, -0.15) is 0 Å². The van der Waals surface area contributed by atoms with Gasteiger partial charge in [-0.05, 0) is 36.8 Å². The molecule has 0 aliphatic rings. The highest BCUT2D eigenvalue weighted by molar-refractivity contribution is 7.99. The summed E-state index contributed by atoms with van der Waals surface area (Å²) in [6.45, 7) is 2.54. The zero-order chi connectivity index (χ0) is 20.1. The van der Waals surface area contributed by atoms with Crippen molar-refractivity contribution in [2.75, 3.05) is 5.75 Å². The fourth-order valence-corrected chi connectivity index (χ4v) is 3.72. The van der Waals surface area contributed by atoms with E-state index in [0.29, 0.717) is 23.3 Å². The van der Waals surface area contributed by atoms with Gasteiger partial charge < -0.3 is 9.73 Å². The summed E-state index contributed by atoms with van der Waals surface area (Å²) < 4.78 is 7.41. The van der Waals surface area contributed by atoms with Gasteiger partial charge in [0.1, 0.15) is 0 Å². The van der Waals surface area contributed by atoms with Gasteiger partial charge in [0.2, 0.25) is 11.7 Å². The number of aryl methyl sites for hydroxylation is 1. The molecule has 146 valence electrons. The van der Waals surface area contributed by atoms with Crippen molar-refractivity contribution in [1.29, 1.82) is 0 Å². The number of aromatic nitrogens is 3. The van der Waals surface area contributed by atoms with E-state index in [1.54, 1.807) is 6.26 Å². The van der Waals surface area contributed by atoms with Gasteiger partial charge in [-0.25, -0.2) is 0 Å². The number of carbonyl (C=O) groups excluding carboxylic acids is 1. The number of rotatable bonds is 7. The maximum Gasteiger partial charge on any atom is 0.230 e. The summed E-state index contributed by atoms with van der Waals surface area (Å²) in [5, 5.41) is 12.2. The second kappa shape index (κ2) is 8.79. The predicted octanol–water partition coefficient (Wildman–Crippen LogP) is 4.24. The highest BCUT2D eigenvalue weighted by Gasteiger charge is 2.18. The molecule has 2 heterocycles. The zero-order valence-corrected chi connectivity index (χ0v) is 16.7. The number of benzene rings is 2. The third-order valence-electron chi connectivity index (χ3n) is 4.29. The first-order valence-corrected chi connectivity index (χ1v) is 10.2. The van der Waals surface area contributed by atoms with Crippen molar-refractivity contribution >= 4 is 17.7 Å². The highest BCUT2D eigenvalue weighted by atomic mass is 32.2. The lowest BCUT2D eigenvalue weighted by Crippen LogP contribution is -2.24. The third-order valence-corrected chi connectivity index (χ3v) is 5.22. The molecule has 0 aliphatic heterocycles. The van der Waals surface area contributed by atoms with Crippen molar-refractivity contribution in [3.63, 3.8) is 0 Å². The van der Waals surface area contributed by atoms with E-state index in [1.165, 1.54) is 17.3 Å². The van der Waals surface area contributed by atoms with E-state index in [1.807, 2.05) is 72.2 Å². The van der Waals surface area contributed by atoms with Gasteiger partial charge in [0.25, 0.3) is 0 Å². The molecule has 7 heteroatoms. The normalized spacial score (nSPS) is 10.8. The van der Waals surface area contributed by atoms with Gasteiger partial charge >= 0.3 is 0 Å². The van der Waals surface area contributed by atoms with E-state index >= 15 is 0 Å². The van der Waals surface area contributed by atoms with E-state index in [0.717, 1.165) is 11.3 Å². The number of amides is 1. The molecule has 0 atom stereocenters. The number of para-hydroxylation sites is 1. The Hall–Kier alpha value is -3.32. The zero-order valence-electron chi connectivity index (χ0n) is 15.9. The molecule has 0 radical (unpaired) electrons. The van der Waals surface area contributed by atoms with Crippen molar-refractivity contribution in [2.45, 2.75) is 18.6 Å². The Kier molecular flexibility index (Phi) is 5.76. The van der Waals surface area contributed by atoms with Gasteiger partial charge in [-0.1, -0.05) is 59.8 Å². The summed E-state index contributed by atoms with van der Waals surface area (Å²) >= 11 is 1.34. The molecule has 0 aliphatic carbocycles. The molecule has 29 heavy (non-hydrogen) atoms. The van der Waals surface area contributed by atoms with Crippen LogP contribution in [-0.2, 0) is 11.3 Å². The summed E-state index contributed by atoms with van der Waals surface area (Å²) in [7, 11) is 0. The summed E-state index contributed by atoms with van der Waals surface area (Å²) in [4.78, 5) is 12.3. The fraction of sp³-hybridized carbons (Fsp3) is 0.136. The lowest BCUT2D eigenvalue weighted by molar-refractivity contribution is -0.118. The number of nitrogens with one attached hydrogen (secondary N) is 1. The molecule has 1 N–H and O–H groups in total. The first-order valence-electron chi connectivity index (χ1n) is 9.20. The van der Waals surface area contributed by atoms with Crippen LogP contribution in [0.2, 0.25) is 0 Å². The molecule has 2 aromatic carbocycles. The van der Waals surface area contributed by atoms with E-state index in [2.05, 4.69) is 21.6 Å². The minimum atomic E-state index is -0.0568. The van der Waals surface area contributed by atoms with Crippen molar-refractivity contribution in [3.05, 3.63) is 84.1 Å². The largest absolute Gasteiger partial charge is 0.461 e. The topological polar surface area (TPSA) is 73.0 Å². The lowest BCUT2D eigenvalue weighted by atomic mass is 10.1. The van der Waals surface area contributed by atoms with E-state index in [-0.39, 0.29) is 11.7 Å².